The number of hydrogen-bond donors (Lipinski definition) is 1. The Hall–Kier alpha value is -0.800. The van der Waals surface area contributed by atoms with Crippen molar-refractivity contribution in [1.82, 2.24) is 5.32 Å². The van der Waals surface area contributed by atoms with Gasteiger partial charge in [0.2, 0.25) is 0 Å². The quantitative estimate of drug-likeness (QED) is 0.840. The van der Waals surface area contributed by atoms with Gasteiger partial charge in [-0.2, -0.15) is 0 Å². The van der Waals surface area contributed by atoms with Crippen LogP contribution in [0.1, 0.15) is 50.9 Å². The Morgan fingerprint density at radius 1 is 1.44 bits per heavy atom. The minimum atomic E-state index is 0.427. The maximum absolute atomic E-state index is 5.94. The van der Waals surface area contributed by atoms with Gasteiger partial charge in [0.05, 0.1) is 12.4 Å². The van der Waals surface area contributed by atoms with Crippen molar-refractivity contribution < 1.29 is 9.15 Å². The molecule has 18 heavy (non-hydrogen) atoms. The van der Waals surface area contributed by atoms with Crippen LogP contribution in [0.2, 0.25) is 0 Å². The van der Waals surface area contributed by atoms with Gasteiger partial charge in [0.15, 0.2) is 0 Å². The molecule has 1 heterocycles. The van der Waals surface area contributed by atoms with Gasteiger partial charge in [0.25, 0.3) is 0 Å². The van der Waals surface area contributed by atoms with E-state index in [0.29, 0.717) is 12.7 Å². The van der Waals surface area contributed by atoms with Crippen molar-refractivity contribution in [2.45, 2.75) is 58.8 Å². The van der Waals surface area contributed by atoms with E-state index in [-0.39, 0.29) is 0 Å². The second-order valence-corrected chi connectivity index (χ2v) is 5.41. The normalized spacial score (nSPS) is 24.3. The molecule has 102 valence electrons. The molecule has 2 rings (SSSR count). The van der Waals surface area contributed by atoms with Crippen molar-refractivity contribution in [3.63, 3.8) is 0 Å². The average Bonchev–Trinajstić information content (AvgIpc) is 2.82. The van der Waals surface area contributed by atoms with Crippen LogP contribution in [0.5, 0.6) is 0 Å². The number of ether oxygens (including phenoxy) is 1. The van der Waals surface area contributed by atoms with Gasteiger partial charge in [-0.1, -0.05) is 26.7 Å². The van der Waals surface area contributed by atoms with Gasteiger partial charge in [-0.3, -0.25) is 0 Å². The first-order valence-electron chi connectivity index (χ1n) is 7.16. The molecular weight excluding hydrogens is 226 g/mol. The Kier molecular flexibility index (Phi) is 5.26. The Balaban J connectivity index is 1.74. The highest BCUT2D eigenvalue weighted by Crippen LogP contribution is 2.26. The van der Waals surface area contributed by atoms with E-state index >= 15 is 0 Å². The summed E-state index contributed by atoms with van der Waals surface area (Å²) in [5.74, 6) is 1.76. The van der Waals surface area contributed by atoms with Gasteiger partial charge in [0.1, 0.15) is 12.4 Å². The maximum Gasteiger partial charge on any atom is 0.129 e. The molecule has 0 aromatic carbocycles. The van der Waals surface area contributed by atoms with Gasteiger partial charge >= 0.3 is 0 Å². The smallest absolute Gasteiger partial charge is 0.129 e. The molecule has 2 unspecified atom stereocenters. The molecule has 0 saturated heterocycles. The molecular formula is C15H25NO2. The lowest BCUT2D eigenvalue weighted by Gasteiger charge is -2.26. The van der Waals surface area contributed by atoms with Gasteiger partial charge < -0.3 is 14.5 Å². The minimum Gasteiger partial charge on any atom is -0.467 e. The third-order valence-electron chi connectivity index (χ3n) is 3.64. The number of rotatable bonds is 6. The third-order valence-corrected chi connectivity index (χ3v) is 3.64. The van der Waals surface area contributed by atoms with E-state index in [4.69, 9.17) is 9.15 Å². The van der Waals surface area contributed by atoms with E-state index in [2.05, 4.69) is 25.2 Å². The summed E-state index contributed by atoms with van der Waals surface area (Å²) in [6, 6.07) is 2.09. The molecule has 1 aliphatic rings. The molecule has 1 aromatic rings. The van der Waals surface area contributed by atoms with Crippen LogP contribution in [-0.2, 0) is 17.9 Å². The Bertz CT molecular complexity index is 348. The first-order valence-corrected chi connectivity index (χ1v) is 7.16. The van der Waals surface area contributed by atoms with Crippen molar-refractivity contribution in [3.8, 4) is 0 Å². The van der Waals surface area contributed by atoms with Crippen LogP contribution < -0.4 is 5.32 Å². The molecule has 0 aliphatic heterocycles. The lowest BCUT2D eigenvalue weighted by molar-refractivity contribution is -0.00264. The number of hydrogen-bond acceptors (Lipinski definition) is 3. The average molecular weight is 251 g/mol. The monoisotopic (exact) mass is 251 g/mol. The van der Waals surface area contributed by atoms with Gasteiger partial charge in [-0.15, -0.1) is 0 Å². The van der Waals surface area contributed by atoms with E-state index in [1.807, 2.05) is 6.26 Å². The molecule has 0 radical (unpaired) electrons. The van der Waals surface area contributed by atoms with Crippen molar-refractivity contribution in [1.29, 1.82) is 0 Å². The lowest BCUT2D eigenvalue weighted by Crippen LogP contribution is -2.21. The fourth-order valence-corrected chi connectivity index (χ4v) is 2.59. The van der Waals surface area contributed by atoms with Crippen molar-refractivity contribution >= 4 is 0 Å². The van der Waals surface area contributed by atoms with E-state index in [1.165, 1.54) is 31.2 Å². The molecule has 3 heteroatoms. The zero-order valence-electron chi connectivity index (χ0n) is 11.6. The van der Waals surface area contributed by atoms with Gasteiger partial charge in [0, 0.05) is 12.1 Å². The molecule has 1 aliphatic carbocycles. The van der Waals surface area contributed by atoms with Crippen LogP contribution in [-0.4, -0.2) is 12.6 Å². The van der Waals surface area contributed by atoms with Crippen LogP contribution >= 0.6 is 0 Å². The fourth-order valence-electron chi connectivity index (χ4n) is 2.59. The molecule has 1 fully saturated rings. The summed E-state index contributed by atoms with van der Waals surface area (Å²) in [5.41, 5.74) is 1.20. The van der Waals surface area contributed by atoms with Gasteiger partial charge in [-0.05, 0) is 31.4 Å². The first kappa shape index (κ1) is 13.6. The summed E-state index contributed by atoms with van der Waals surface area (Å²) >= 11 is 0. The third kappa shape index (κ3) is 4.14. The Morgan fingerprint density at radius 2 is 2.33 bits per heavy atom. The largest absolute Gasteiger partial charge is 0.467 e. The molecule has 2 atom stereocenters. The predicted molar refractivity (Wildman–Crippen MR) is 72.3 cm³/mol. The highest BCUT2D eigenvalue weighted by atomic mass is 16.5. The lowest BCUT2D eigenvalue weighted by atomic mass is 9.89. The molecule has 1 aromatic heterocycles. The number of nitrogens with one attached hydrogen (secondary N) is 1. The molecule has 0 spiro atoms. The van der Waals surface area contributed by atoms with Crippen molar-refractivity contribution in [3.05, 3.63) is 23.7 Å². The second-order valence-electron chi connectivity index (χ2n) is 5.41. The zero-order valence-corrected chi connectivity index (χ0v) is 11.6. The van der Waals surface area contributed by atoms with Crippen LogP contribution in [0, 0.1) is 5.92 Å². The second kappa shape index (κ2) is 6.95. The fraction of sp³-hybridized carbons (Fsp3) is 0.733. The summed E-state index contributed by atoms with van der Waals surface area (Å²) in [5, 5.41) is 3.29. The summed E-state index contributed by atoms with van der Waals surface area (Å²) in [7, 11) is 0. The summed E-state index contributed by atoms with van der Waals surface area (Å²) in [6.45, 7) is 6.90. The molecule has 1 N–H and O–H groups in total. The summed E-state index contributed by atoms with van der Waals surface area (Å²) < 4.78 is 11.5. The SMILES string of the molecule is CCNCc1coc(COC2CCCC(C)C2)c1. The standard InChI is InChI=1S/C15H25NO2/c1-3-16-9-13-8-15(17-10-13)11-18-14-6-4-5-12(2)7-14/h8,10,12,14,16H,3-7,9,11H2,1-2H3. The van der Waals surface area contributed by atoms with Crippen molar-refractivity contribution in [2.24, 2.45) is 5.92 Å². The van der Waals surface area contributed by atoms with Gasteiger partial charge in [-0.25, -0.2) is 0 Å². The van der Waals surface area contributed by atoms with Crippen molar-refractivity contribution in [2.75, 3.05) is 6.54 Å². The number of furan rings is 1. The predicted octanol–water partition coefficient (Wildman–Crippen LogP) is 3.48. The summed E-state index contributed by atoms with van der Waals surface area (Å²) in [4.78, 5) is 0. The Labute approximate surface area is 110 Å². The topological polar surface area (TPSA) is 34.4 Å². The first-order chi connectivity index (χ1) is 8.78. The minimum absolute atomic E-state index is 0.427. The molecule has 0 amide bonds. The van der Waals surface area contributed by atoms with E-state index in [9.17, 15) is 0 Å². The van der Waals surface area contributed by atoms with Crippen LogP contribution in [0.3, 0.4) is 0 Å². The van der Waals surface area contributed by atoms with Crippen LogP contribution in [0.25, 0.3) is 0 Å². The maximum atomic E-state index is 5.94. The van der Waals surface area contributed by atoms with Crippen LogP contribution in [0.15, 0.2) is 16.7 Å². The highest BCUT2D eigenvalue weighted by Gasteiger charge is 2.19. The summed E-state index contributed by atoms with van der Waals surface area (Å²) in [6.07, 6.45) is 7.31. The Morgan fingerprint density at radius 3 is 3.11 bits per heavy atom. The van der Waals surface area contributed by atoms with E-state index in [1.54, 1.807) is 0 Å². The van der Waals surface area contributed by atoms with Crippen LogP contribution in [0.4, 0.5) is 0 Å². The van der Waals surface area contributed by atoms with E-state index < -0.39 is 0 Å². The highest BCUT2D eigenvalue weighted by molar-refractivity contribution is 5.12. The molecule has 0 bridgehead atoms. The van der Waals surface area contributed by atoms with E-state index in [0.717, 1.165) is 24.8 Å². The zero-order chi connectivity index (χ0) is 12.8. The molecule has 3 nitrogen and oxygen atoms in total. The molecule has 1 saturated carbocycles.